The third-order valence-electron chi connectivity index (χ3n) is 7.34. The zero-order valence-corrected chi connectivity index (χ0v) is 19.8. The molecule has 0 saturated carbocycles. The molecule has 172 valence electrons. The van der Waals surface area contributed by atoms with Gasteiger partial charge < -0.3 is 14.6 Å². The van der Waals surface area contributed by atoms with Crippen molar-refractivity contribution in [2.45, 2.75) is 32.7 Å². The molecule has 2 atom stereocenters. The van der Waals surface area contributed by atoms with E-state index in [2.05, 4.69) is 72.4 Å². The lowest BCUT2D eigenvalue weighted by Crippen LogP contribution is -2.49. The number of aromatic nitrogens is 1. The molecule has 1 aliphatic heterocycles. The monoisotopic (exact) mass is 443 g/mol. The van der Waals surface area contributed by atoms with E-state index in [9.17, 15) is 4.79 Å². The fourth-order valence-electron chi connectivity index (χ4n) is 5.60. The number of methoxy groups -OCH3 is 1. The van der Waals surface area contributed by atoms with Crippen LogP contribution in [-0.4, -0.2) is 60.0 Å². The van der Waals surface area contributed by atoms with Gasteiger partial charge in [-0.3, -0.25) is 9.69 Å². The summed E-state index contributed by atoms with van der Waals surface area (Å²) in [4.78, 5) is 21.4. The first kappa shape index (κ1) is 21.8. The van der Waals surface area contributed by atoms with Gasteiger partial charge in [0.05, 0.1) is 13.0 Å². The first-order valence-corrected chi connectivity index (χ1v) is 12.1. The zero-order valence-electron chi connectivity index (χ0n) is 19.8. The molecule has 2 aromatic carbocycles. The molecule has 5 nitrogen and oxygen atoms in total. The van der Waals surface area contributed by atoms with Crippen LogP contribution < -0.4 is 4.74 Å². The summed E-state index contributed by atoms with van der Waals surface area (Å²) < 4.78 is 5.42. The van der Waals surface area contributed by atoms with Crippen LogP contribution in [-0.2, 0) is 17.6 Å². The Morgan fingerprint density at radius 3 is 2.79 bits per heavy atom. The van der Waals surface area contributed by atoms with Gasteiger partial charge in [0.15, 0.2) is 0 Å². The fraction of sp³-hybridized carbons (Fsp3) is 0.393. The average molecular weight is 444 g/mol. The van der Waals surface area contributed by atoms with Crippen molar-refractivity contribution >= 4 is 22.4 Å². The highest BCUT2D eigenvalue weighted by atomic mass is 16.5. The second-order valence-electron chi connectivity index (χ2n) is 9.10. The van der Waals surface area contributed by atoms with Crippen LogP contribution in [0.25, 0.3) is 16.5 Å². The minimum absolute atomic E-state index is 0.114. The van der Waals surface area contributed by atoms with Crippen LogP contribution in [0.2, 0.25) is 0 Å². The number of benzene rings is 2. The molecule has 3 aromatic rings. The number of ether oxygens (including phenoxy) is 1. The molecule has 33 heavy (non-hydrogen) atoms. The maximum atomic E-state index is 13.4. The van der Waals surface area contributed by atoms with E-state index in [0.29, 0.717) is 6.04 Å². The maximum absolute atomic E-state index is 13.4. The summed E-state index contributed by atoms with van der Waals surface area (Å²) in [7, 11) is 1.71. The number of rotatable bonds is 7. The Bertz CT molecular complexity index is 1190. The van der Waals surface area contributed by atoms with E-state index >= 15 is 0 Å². The Morgan fingerprint density at radius 2 is 2.00 bits per heavy atom. The topological polar surface area (TPSA) is 48.6 Å². The smallest absolute Gasteiger partial charge is 0.230 e. The van der Waals surface area contributed by atoms with Crippen molar-refractivity contribution in [3.8, 4) is 5.75 Å². The van der Waals surface area contributed by atoms with E-state index < -0.39 is 0 Å². The Kier molecular flexibility index (Phi) is 5.98. The molecule has 0 spiro atoms. The van der Waals surface area contributed by atoms with E-state index in [-0.39, 0.29) is 11.8 Å². The van der Waals surface area contributed by atoms with Crippen molar-refractivity contribution in [1.82, 2.24) is 14.8 Å². The number of hydrogen-bond acceptors (Lipinski definition) is 3. The van der Waals surface area contributed by atoms with Crippen molar-refractivity contribution in [3.05, 3.63) is 71.4 Å². The summed E-state index contributed by atoms with van der Waals surface area (Å²) in [5.74, 6) is 1.02. The number of amides is 1. The Hall–Kier alpha value is -3.05. The van der Waals surface area contributed by atoms with Crippen molar-refractivity contribution in [3.63, 3.8) is 0 Å². The standard InChI is InChI=1S/C28H33N3O2/c1-4-30(5-2)28(32)21-15-24-23-10-7-11-25-27(23)20(17-29-25)16-26(24)31(18-21)13-12-19-8-6-9-22(14-19)33-3/h6-11,14-15,17,21,26,29H,4-5,12-13,16,18H2,1-3H3. The highest BCUT2D eigenvalue weighted by Gasteiger charge is 2.37. The molecule has 0 saturated heterocycles. The van der Waals surface area contributed by atoms with Gasteiger partial charge in [0.25, 0.3) is 0 Å². The highest BCUT2D eigenvalue weighted by molar-refractivity contribution is 5.99. The van der Waals surface area contributed by atoms with Gasteiger partial charge in [0.2, 0.25) is 5.91 Å². The van der Waals surface area contributed by atoms with Gasteiger partial charge in [-0.1, -0.05) is 30.3 Å². The molecule has 2 unspecified atom stereocenters. The lowest BCUT2D eigenvalue weighted by Gasteiger charge is -2.42. The van der Waals surface area contributed by atoms with E-state index in [1.165, 1.54) is 33.2 Å². The van der Waals surface area contributed by atoms with Crippen molar-refractivity contribution < 1.29 is 9.53 Å². The number of nitrogens with one attached hydrogen (secondary N) is 1. The molecule has 5 rings (SSSR count). The number of fused-ring (bicyclic) bond motifs is 2. The third kappa shape index (κ3) is 3.95. The van der Waals surface area contributed by atoms with Crippen LogP contribution >= 0.6 is 0 Å². The third-order valence-corrected chi connectivity index (χ3v) is 7.34. The fourth-order valence-corrected chi connectivity index (χ4v) is 5.60. The molecular formula is C28H33N3O2. The summed E-state index contributed by atoms with van der Waals surface area (Å²) >= 11 is 0. The van der Waals surface area contributed by atoms with Gasteiger partial charge in [-0.05, 0) is 67.2 Å². The van der Waals surface area contributed by atoms with Gasteiger partial charge in [-0.25, -0.2) is 0 Å². The second kappa shape index (κ2) is 9.06. The predicted molar refractivity (Wildman–Crippen MR) is 133 cm³/mol. The summed E-state index contributed by atoms with van der Waals surface area (Å²) in [6, 6.07) is 15.1. The summed E-state index contributed by atoms with van der Waals surface area (Å²) in [5.41, 5.74) is 6.42. The quantitative estimate of drug-likeness (QED) is 0.584. The minimum atomic E-state index is -0.114. The van der Waals surface area contributed by atoms with E-state index in [0.717, 1.165) is 44.8 Å². The first-order valence-electron chi connectivity index (χ1n) is 12.1. The zero-order chi connectivity index (χ0) is 22.9. The molecule has 2 aliphatic rings. The summed E-state index contributed by atoms with van der Waals surface area (Å²) in [6.45, 7) is 7.30. The maximum Gasteiger partial charge on any atom is 0.230 e. The van der Waals surface area contributed by atoms with Crippen molar-refractivity contribution in [2.75, 3.05) is 33.3 Å². The number of carbonyl (C=O) groups excluding carboxylic acids is 1. The largest absolute Gasteiger partial charge is 0.497 e. The lowest BCUT2D eigenvalue weighted by molar-refractivity contribution is -0.134. The van der Waals surface area contributed by atoms with Crippen LogP contribution in [0.4, 0.5) is 0 Å². The summed E-state index contributed by atoms with van der Waals surface area (Å²) in [6.07, 6.45) is 6.35. The van der Waals surface area contributed by atoms with Crippen LogP contribution in [0.15, 0.2) is 54.7 Å². The molecule has 1 aromatic heterocycles. The first-order chi connectivity index (χ1) is 16.1. The number of H-pyrrole nitrogens is 1. The number of hydrogen-bond donors (Lipinski definition) is 1. The molecule has 5 heteroatoms. The van der Waals surface area contributed by atoms with Crippen molar-refractivity contribution in [2.24, 2.45) is 5.92 Å². The molecule has 1 aliphatic carbocycles. The van der Waals surface area contributed by atoms with E-state index in [1.54, 1.807) is 7.11 Å². The molecule has 0 bridgehead atoms. The normalized spacial score (nSPS) is 19.8. The molecule has 1 amide bonds. The summed E-state index contributed by atoms with van der Waals surface area (Å²) in [5, 5.41) is 1.32. The molecule has 1 N–H and O–H groups in total. The van der Waals surface area contributed by atoms with E-state index in [4.69, 9.17) is 4.74 Å². The van der Waals surface area contributed by atoms with Crippen LogP contribution in [0.1, 0.15) is 30.5 Å². The number of carbonyl (C=O) groups is 1. The van der Waals surface area contributed by atoms with Gasteiger partial charge >= 0.3 is 0 Å². The van der Waals surface area contributed by atoms with Gasteiger partial charge in [-0.15, -0.1) is 0 Å². The number of aromatic amines is 1. The van der Waals surface area contributed by atoms with Crippen molar-refractivity contribution in [1.29, 1.82) is 0 Å². The Morgan fingerprint density at radius 1 is 1.18 bits per heavy atom. The van der Waals surface area contributed by atoms with Gasteiger partial charge in [0, 0.05) is 49.3 Å². The highest BCUT2D eigenvalue weighted by Crippen LogP contribution is 2.41. The average Bonchev–Trinajstić information content (AvgIpc) is 3.27. The van der Waals surface area contributed by atoms with Crippen LogP contribution in [0, 0.1) is 5.92 Å². The van der Waals surface area contributed by atoms with Gasteiger partial charge in [0.1, 0.15) is 5.75 Å². The van der Waals surface area contributed by atoms with Crippen LogP contribution in [0.3, 0.4) is 0 Å². The molecule has 0 fully saturated rings. The van der Waals surface area contributed by atoms with Gasteiger partial charge in [-0.2, -0.15) is 0 Å². The number of nitrogens with zero attached hydrogens (tertiary/aromatic N) is 2. The Balaban J connectivity index is 1.49. The minimum Gasteiger partial charge on any atom is -0.497 e. The lowest BCUT2D eigenvalue weighted by atomic mass is 9.79. The molecule has 0 radical (unpaired) electrons. The SMILES string of the molecule is CCN(CC)C(=O)C1C=C2c3cccc4[nH]cc(c34)CC2N(CCc2cccc(OC)c2)C1. The Labute approximate surface area is 196 Å². The second-order valence-corrected chi connectivity index (χ2v) is 9.10. The predicted octanol–water partition coefficient (Wildman–Crippen LogP) is 4.53. The van der Waals surface area contributed by atoms with E-state index in [1.807, 2.05) is 11.0 Å². The molecule has 2 heterocycles. The molecular weight excluding hydrogens is 410 g/mol. The van der Waals surface area contributed by atoms with Crippen LogP contribution in [0.5, 0.6) is 5.75 Å².